The molecule has 1 heterocycles. The summed E-state index contributed by atoms with van der Waals surface area (Å²) in [6, 6.07) is 0.877. The summed E-state index contributed by atoms with van der Waals surface area (Å²) in [5, 5.41) is 3.75. The van der Waals surface area contributed by atoms with Crippen LogP contribution in [-0.2, 0) is 0 Å². The smallest absolute Gasteiger partial charge is 0.00933 e. The highest BCUT2D eigenvalue weighted by Crippen LogP contribution is 2.40. The maximum Gasteiger partial charge on any atom is 0.00933 e. The average molecular weight is 266 g/mol. The lowest BCUT2D eigenvalue weighted by Gasteiger charge is -2.36. The fourth-order valence-electron chi connectivity index (χ4n) is 4.14. The molecule has 1 atom stereocenters. The van der Waals surface area contributed by atoms with Crippen molar-refractivity contribution in [3.05, 3.63) is 0 Å². The van der Waals surface area contributed by atoms with Gasteiger partial charge in [0.1, 0.15) is 0 Å². The summed E-state index contributed by atoms with van der Waals surface area (Å²) in [6.45, 7) is 12.1. The van der Waals surface area contributed by atoms with Gasteiger partial charge in [-0.15, -0.1) is 0 Å². The molecular formula is C17H34N2. The molecule has 0 aromatic rings. The highest BCUT2D eigenvalue weighted by Gasteiger charge is 2.37. The van der Waals surface area contributed by atoms with E-state index in [-0.39, 0.29) is 0 Å². The van der Waals surface area contributed by atoms with E-state index in [1.165, 1.54) is 71.1 Å². The summed E-state index contributed by atoms with van der Waals surface area (Å²) < 4.78 is 0. The minimum Gasteiger partial charge on any atom is -0.316 e. The molecule has 0 amide bonds. The second kappa shape index (κ2) is 7.08. The second-order valence-corrected chi connectivity index (χ2v) is 7.41. The number of hydrogen-bond acceptors (Lipinski definition) is 2. The second-order valence-electron chi connectivity index (χ2n) is 7.41. The van der Waals surface area contributed by atoms with E-state index in [9.17, 15) is 0 Å². The van der Waals surface area contributed by atoms with Crippen LogP contribution in [0.25, 0.3) is 0 Å². The van der Waals surface area contributed by atoms with Gasteiger partial charge in [0, 0.05) is 19.1 Å². The first-order chi connectivity index (χ1) is 9.15. The van der Waals surface area contributed by atoms with Crippen LogP contribution >= 0.6 is 0 Å². The highest BCUT2D eigenvalue weighted by atomic mass is 15.2. The third-order valence-electron chi connectivity index (χ3n) is 5.23. The lowest BCUT2D eigenvalue weighted by molar-refractivity contribution is 0.135. The van der Waals surface area contributed by atoms with Crippen LogP contribution in [0, 0.1) is 11.3 Å². The summed E-state index contributed by atoms with van der Waals surface area (Å²) in [6.07, 6.45) is 10.0. The third-order valence-corrected chi connectivity index (χ3v) is 5.23. The van der Waals surface area contributed by atoms with Crippen molar-refractivity contribution in [2.45, 2.75) is 71.8 Å². The topological polar surface area (TPSA) is 15.3 Å². The van der Waals surface area contributed by atoms with Crippen molar-refractivity contribution in [1.29, 1.82) is 0 Å². The first-order valence-electron chi connectivity index (χ1n) is 8.60. The standard InChI is InChI=1S/C17H34N2/c1-4-16-8-7-11-19(16)14-17(9-5-6-10-17)13-18-12-15(2)3/h15-16,18H,4-14H2,1-3H3. The van der Waals surface area contributed by atoms with Crippen LogP contribution < -0.4 is 5.32 Å². The van der Waals surface area contributed by atoms with E-state index >= 15 is 0 Å². The SMILES string of the molecule is CCC1CCCN1CC1(CNCC(C)C)CCCC1. The van der Waals surface area contributed by atoms with E-state index in [0.29, 0.717) is 5.41 Å². The molecule has 1 aliphatic heterocycles. The van der Waals surface area contributed by atoms with Crippen molar-refractivity contribution in [1.82, 2.24) is 10.2 Å². The maximum atomic E-state index is 3.75. The predicted octanol–water partition coefficient (Wildman–Crippen LogP) is 3.67. The third kappa shape index (κ3) is 4.19. The molecule has 0 spiro atoms. The van der Waals surface area contributed by atoms with Crippen molar-refractivity contribution >= 4 is 0 Å². The van der Waals surface area contributed by atoms with Crippen LogP contribution in [0.4, 0.5) is 0 Å². The molecule has 0 bridgehead atoms. The summed E-state index contributed by atoms with van der Waals surface area (Å²) >= 11 is 0. The van der Waals surface area contributed by atoms with Crippen molar-refractivity contribution in [3.63, 3.8) is 0 Å². The molecule has 19 heavy (non-hydrogen) atoms. The summed E-state index contributed by atoms with van der Waals surface area (Å²) in [5.74, 6) is 0.772. The van der Waals surface area contributed by atoms with E-state index in [2.05, 4.69) is 31.0 Å². The summed E-state index contributed by atoms with van der Waals surface area (Å²) in [5.41, 5.74) is 0.590. The van der Waals surface area contributed by atoms with Gasteiger partial charge in [0.2, 0.25) is 0 Å². The van der Waals surface area contributed by atoms with Crippen LogP contribution in [0.2, 0.25) is 0 Å². The molecule has 1 unspecified atom stereocenters. The number of hydrogen-bond donors (Lipinski definition) is 1. The Kier molecular flexibility index (Phi) is 5.70. The maximum absolute atomic E-state index is 3.75. The van der Waals surface area contributed by atoms with Gasteiger partial charge in [-0.1, -0.05) is 33.6 Å². The normalized spacial score (nSPS) is 27.5. The van der Waals surface area contributed by atoms with Gasteiger partial charge in [-0.3, -0.25) is 4.90 Å². The van der Waals surface area contributed by atoms with E-state index in [0.717, 1.165) is 12.0 Å². The average Bonchev–Trinajstić information content (AvgIpc) is 2.99. The largest absolute Gasteiger partial charge is 0.316 e. The Labute approximate surface area is 120 Å². The van der Waals surface area contributed by atoms with Gasteiger partial charge in [-0.2, -0.15) is 0 Å². The Morgan fingerprint density at radius 2 is 1.95 bits per heavy atom. The zero-order valence-electron chi connectivity index (χ0n) is 13.4. The molecule has 2 fully saturated rings. The van der Waals surface area contributed by atoms with Crippen molar-refractivity contribution in [2.24, 2.45) is 11.3 Å². The van der Waals surface area contributed by atoms with Gasteiger partial charge in [0.05, 0.1) is 0 Å². The van der Waals surface area contributed by atoms with Gasteiger partial charge in [-0.05, 0) is 56.5 Å². The molecular weight excluding hydrogens is 232 g/mol. The molecule has 2 nitrogen and oxygen atoms in total. The molecule has 2 heteroatoms. The molecule has 1 saturated heterocycles. The van der Waals surface area contributed by atoms with Crippen molar-refractivity contribution in [2.75, 3.05) is 26.2 Å². The zero-order valence-corrected chi connectivity index (χ0v) is 13.4. The van der Waals surface area contributed by atoms with Gasteiger partial charge in [0.15, 0.2) is 0 Å². The Balaban J connectivity index is 1.87. The van der Waals surface area contributed by atoms with E-state index in [1.807, 2.05) is 0 Å². The van der Waals surface area contributed by atoms with Crippen molar-refractivity contribution in [3.8, 4) is 0 Å². The van der Waals surface area contributed by atoms with Gasteiger partial charge in [-0.25, -0.2) is 0 Å². The number of nitrogens with zero attached hydrogens (tertiary/aromatic N) is 1. The molecule has 0 aromatic heterocycles. The Morgan fingerprint density at radius 3 is 2.58 bits per heavy atom. The fraction of sp³-hybridized carbons (Fsp3) is 1.00. The highest BCUT2D eigenvalue weighted by molar-refractivity contribution is 4.92. The number of rotatable bonds is 7. The fourth-order valence-corrected chi connectivity index (χ4v) is 4.14. The Morgan fingerprint density at radius 1 is 1.21 bits per heavy atom. The van der Waals surface area contributed by atoms with Crippen LogP contribution in [0.1, 0.15) is 65.7 Å². The first-order valence-corrected chi connectivity index (χ1v) is 8.60. The monoisotopic (exact) mass is 266 g/mol. The van der Waals surface area contributed by atoms with Gasteiger partial charge in [0.25, 0.3) is 0 Å². The lowest BCUT2D eigenvalue weighted by atomic mass is 9.85. The molecule has 2 aliphatic rings. The Bertz CT molecular complexity index is 256. The quantitative estimate of drug-likeness (QED) is 0.756. The minimum atomic E-state index is 0.590. The molecule has 112 valence electrons. The number of likely N-dealkylation sites (tertiary alicyclic amines) is 1. The number of nitrogens with one attached hydrogen (secondary N) is 1. The van der Waals surface area contributed by atoms with Gasteiger partial charge >= 0.3 is 0 Å². The molecule has 1 N–H and O–H groups in total. The molecule has 1 saturated carbocycles. The van der Waals surface area contributed by atoms with Crippen LogP contribution in [0.3, 0.4) is 0 Å². The van der Waals surface area contributed by atoms with Crippen LogP contribution in [0.15, 0.2) is 0 Å². The Hall–Kier alpha value is -0.0800. The minimum absolute atomic E-state index is 0.590. The van der Waals surface area contributed by atoms with Crippen LogP contribution in [0.5, 0.6) is 0 Å². The van der Waals surface area contributed by atoms with E-state index in [4.69, 9.17) is 0 Å². The summed E-state index contributed by atoms with van der Waals surface area (Å²) in [4.78, 5) is 2.81. The van der Waals surface area contributed by atoms with E-state index in [1.54, 1.807) is 0 Å². The van der Waals surface area contributed by atoms with Gasteiger partial charge < -0.3 is 5.32 Å². The van der Waals surface area contributed by atoms with E-state index < -0.39 is 0 Å². The molecule has 1 aliphatic carbocycles. The predicted molar refractivity (Wildman–Crippen MR) is 83.5 cm³/mol. The molecule has 0 aromatic carbocycles. The molecule has 0 radical (unpaired) electrons. The van der Waals surface area contributed by atoms with Crippen molar-refractivity contribution < 1.29 is 0 Å². The molecule has 2 rings (SSSR count). The zero-order chi connectivity index (χ0) is 13.7. The lowest BCUT2D eigenvalue weighted by Crippen LogP contribution is -2.44. The first kappa shape index (κ1) is 15.3. The van der Waals surface area contributed by atoms with Crippen LogP contribution in [-0.4, -0.2) is 37.1 Å². The summed E-state index contributed by atoms with van der Waals surface area (Å²) in [7, 11) is 0.